The minimum atomic E-state index is -1.60. The highest BCUT2D eigenvalue weighted by molar-refractivity contribution is 5.77. The Morgan fingerprint density at radius 2 is 1.94 bits per heavy atom. The van der Waals surface area contributed by atoms with E-state index in [1.807, 2.05) is 0 Å². The number of hydrogen-bond donors (Lipinski definition) is 4. The fourth-order valence-corrected chi connectivity index (χ4v) is 1.24. The van der Waals surface area contributed by atoms with Gasteiger partial charge in [-0.2, -0.15) is 4.39 Å². The van der Waals surface area contributed by atoms with Crippen molar-refractivity contribution in [1.29, 1.82) is 0 Å². The van der Waals surface area contributed by atoms with E-state index in [0.29, 0.717) is 6.07 Å². The molecule has 7 heteroatoms. The Morgan fingerprint density at radius 1 is 1.38 bits per heavy atom. The van der Waals surface area contributed by atoms with Crippen LogP contribution in [0.25, 0.3) is 0 Å². The van der Waals surface area contributed by atoms with Gasteiger partial charge in [0.25, 0.3) is 0 Å². The summed E-state index contributed by atoms with van der Waals surface area (Å²) in [5.74, 6) is -8.30. The van der Waals surface area contributed by atoms with Crippen molar-refractivity contribution < 1.29 is 28.9 Å². The number of carboxylic acids is 1. The third kappa shape index (κ3) is 1.89. The maximum atomic E-state index is 13.0. The highest BCUT2D eigenvalue weighted by atomic mass is 19.1. The van der Waals surface area contributed by atoms with E-state index in [-0.39, 0.29) is 0 Å². The maximum Gasteiger partial charge on any atom is 0.312 e. The summed E-state index contributed by atoms with van der Waals surface area (Å²) in [5, 5.41) is 26.8. The molecule has 0 aromatic heterocycles. The summed E-state index contributed by atoms with van der Waals surface area (Å²) in [5.41, 5.74) is 4.60. The van der Waals surface area contributed by atoms with E-state index in [9.17, 15) is 18.7 Å². The van der Waals surface area contributed by atoms with Crippen molar-refractivity contribution in [2.24, 2.45) is 5.73 Å². The van der Waals surface area contributed by atoms with E-state index < -0.39 is 47.1 Å². The summed E-state index contributed by atoms with van der Waals surface area (Å²) >= 11 is 0. The highest BCUT2D eigenvalue weighted by Crippen LogP contribution is 2.35. The zero-order valence-electron chi connectivity index (χ0n) is 7.94. The van der Waals surface area contributed by atoms with E-state index in [1.54, 1.807) is 0 Å². The van der Waals surface area contributed by atoms with Gasteiger partial charge in [-0.3, -0.25) is 4.79 Å². The molecule has 1 aromatic rings. The van der Waals surface area contributed by atoms with E-state index in [4.69, 9.17) is 15.9 Å². The van der Waals surface area contributed by atoms with Gasteiger partial charge in [0.2, 0.25) is 5.82 Å². The summed E-state index contributed by atoms with van der Waals surface area (Å²) in [7, 11) is 0. The Kier molecular flexibility index (Phi) is 3.28. The number of rotatable bonds is 3. The lowest BCUT2D eigenvalue weighted by Crippen LogP contribution is -2.21. The molecular formula is C9H9F2NO4. The number of carboxylic acid groups (broad SMARTS) is 1. The molecule has 0 saturated carbocycles. The number of benzene rings is 1. The first-order valence-corrected chi connectivity index (χ1v) is 4.22. The lowest BCUT2D eigenvalue weighted by Gasteiger charge is -2.13. The molecule has 88 valence electrons. The quantitative estimate of drug-likeness (QED) is 0.608. The summed E-state index contributed by atoms with van der Waals surface area (Å²) in [4.78, 5) is 10.7. The second-order valence-electron chi connectivity index (χ2n) is 3.09. The van der Waals surface area contributed by atoms with Crippen LogP contribution in [0.5, 0.6) is 11.5 Å². The van der Waals surface area contributed by atoms with Crippen molar-refractivity contribution in [2.75, 3.05) is 6.54 Å². The molecule has 0 fully saturated rings. The van der Waals surface area contributed by atoms with Crippen LogP contribution >= 0.6 is 0 Å². The van der Waals surface area contributed by atoms with Gasteiger partial charge in [-0.15, -0.1) is 0 Å². The number of nitrogens with two attached hydrogens (primary N) is 1. The first kappa shape index (κ1) is 12.2. The van der Waals surface area contributed by atoms with Crippen LogP contribution in [0.2, 0.25) is 0 Å². The van der Waals surface area contributed by atoms with Crippen LogP contribution < -0.4 is 5.73 Å². The van der Waals surface area contributed by atoms with E-state index >= 15 is 0 Å². The number of phenols is 2. The zero-order chi connectivity index (χ0) is 12.5. The number of aromatic hydroxyl groups is 2. The predicted octanol–water partition coefficient (Wildman–Crippen LogP) is 0.503. The van der Waals surface area contributed by atoms with Crippen LogP contribution in [0.15, 0.2) is 6.07 Å². The van der Waals surface area contributed by atoms with Crippen LogP contribution in [0.1, 0.15) is 11.5 Å². The summed E-state index contributed by atoms with van der Waals surface area (Å²) in [6, 6.07) is 0.541. The van der Waals surface area contributed by atoms with Crippen molar-refractivity contribution in [3.63, 3.8) is 0 Å². The lowest BCUT2D eigenvalue weighted by atomic mass is 9.97. The minimum absolute atomic E-state index is 0.438. The molecule has 0 spiro atoms. The molecule has 0 bridgehead atoms. The second-order valence-corrected chi connectivity index (χ2v) is 3.09. The average Bonchev–Trinajstić information content (AvgIpc) is 2.23. The van der Waals surface area contributed by atoms with Crippen molar-refractivity contribution >= 4 is 5.97 Å². The predicted molar refractivity (Wildman–Crippen MR) is 49.1 cm³/mol. The van der Waals surface area contributed by atoms with Crippen LogP contribution in [-0.4, -0.2) is 27.8 Å². The highest BCUT2D eigenvalue weighted by Gasteiger charge is 2.26. The van der Waals surface area contributed by atoms with Gasteiger partial charge in [-0.05, 0) is 6.07 Å². The molecule has 1 atom stereocenters. The van der Waals surface area contributed by atoms with Crippen molar-refractivity contribution in [3.8, 4) is 11.5 Å². The molecule has 0 saturated heterocycles. The van der Waals surface area contributed by atoms with Crippen molar-refractivity contribution in [2.45, 2.75) is 5.92 Å². The van der Waals surface area contributed by atoms with Crippen LogP contribution in [0.3, 0.4) is 0 Å². The molecule has 0 heterocycles. The Bertz CT molecular complexity index is 436. The van der Waals surface area contributed by atoms with Crippen LogP contribution in [-0.2, 0) is 4.79 Å². The van der Waals surface area contributed by atoms with Gasteiger partial charge in [0.1, 0.15) is 0 Å². The SMILES string of the molecule is NCC(C(=O)O)c1cc(F)c(O)c(F)c1O. The first-order chi connectivity index (χ1) is 7.40. The fraction of sp³-hybridized carbons (Fsp3) is 0.222. The third-order valence-corrected chi connectivity index (χ3v) is 2.11. The number of aliphatic carboxylic acids is 1. The van der Waals surface area contributed by atoms with Crippen LogP contribution in [0, 0.1) is 11.6 Å². The van der Waals surface area contributed by atoms with Gasteiger partial charge >= 0.3 is 5.97 Å². The number of hydrogen-bond acceptors (Lipinski definition) is 4. The minimum Gasteiger partial charge on any atom is -0.505 e. The molecule has 0 aliphatic rings. The Hall–Kier alpha value is -1.89. The molecular weight excluding hydrogens is 224 g/mol. The summed E-state index contributed by atoms with van der Waals surface area (Å²) in [6.07, 6.45) is 0. The number of carbonyl (C=O) groups is 1. The van der Waals surface area contributed by atoms with Gasteiger partial charge in [0, 0.05) is 12.1 Å². The Labute approximate surface area is 88.7 Å². The van der Waals surface area contributed by atoms with Gasteiger partial charge in [-0.25, -0.2) is 4.39 Å². The monoisotopic (exact) mass is 233 g/mol. The third-order valence-electron chi connectivity index (χ3n) is 2.11. The average molecular weight is 233 g/mol. The normalized spacial score (nSPS) is 12.4. The first-order valence-electron chi connectivity index (χ1n) is 4.22. The molecule has 1 rings (SSSR count). The molecule has 5 nitrogen and oxygen atoms in total. The Balaban J connectivity index is 3.39. The number of phenolic OH excluding ortho intramolecular Hbond substituents is 2. The molecule has 0 amide bonds. The topological polar surface area (TPSA) is 104 Å². The maximum absolute atomic E-state index is 13.0. The van der Waals surface area contributed by atoms with Gasteiger partial charge in [0.15, 0.2) is 17.3 Å². The molecule has 5 N–H and O–H groups in total. The fourth-order valence-electron chi connectivity index (χ4n) is 1.24. The summed E-state index contributed by atoms with van der Waals surface area (Å²) in [6.45, 7) is -0.438. The van der Waals surface area contributed by atoms with Gasteiger partial charge in [-0.1, -0.05) is 0 Å². The van der Waals surface area contributed by atoms with E-state index in [1.165, 1.54) is 0 Å². The molecule has 0 aliphatic carbocycles. The molecule has 0 aliphatic heterocycles. The molecule has 16 heavy (non-hydrogen) atoms. The van der Waals surface area contributed by atoms with Crippen LogP contribution in [0.4, 0.5) is 8.78 Å². The summed E-state index contributed by atoms with van der Waals surface area (Å²) < 4.78 is 26.0. The zero-order valence-corrected chi connectivity index (χ0v) is 7.94. The molecule has 0 radical (unpaired) electrons. The molecule has 1 aromatic carbocycles. The molecule has 1 unspecified atom stereocenters. The Morgan fingerprint density at radius 3 is 2.38 bits per heavy atom. The lowest BCUT2D eigenvalue weighted by molar-refractivity contribution is -0.138. The van der Waals surface area contributed by atoms with Crippen molar-refractivity contribution in [1.82, 2.24) is 0 Å². The second kappa shape index (κ2) is 4.31. The van der Waals surface area contributed by atoms with E-state index in [0.717, 1.165) is 0 Å². The largest absolute Gasteiger partial charge is 0.505 e. The smallest absolute Gasteiger partial charge is 0.312 e. The van der Waals surface area contributed by atoms with Gasteiger partial charge in [0.05, 0.1) is 5.92 Å². The van der Waals surface area contributed by atoms with Gasteiger partial charge < -0.3 is 21.1 Å². The standard InChI is InChI=1S/C9H9F2NO4/c10-5-1-3(4(2-12)9(15)16)7(13)6(11)8(5)14/h1,4,13-14H,2,12H2,(H,15,16). The van der Waals surface area contributed by atoms with Crippen molar-refractivity contribution in [3.05, 3.63) is 23.3 Å². The number of halogens is 2. The van der Waals surface area contributed by atoms with E-state index in [2.05, 4.69) is 0 Å².